The molecule has 0 unspecified atom stereocenters. The molecule has 0 aliphatic heterocycles. The Kier molecular flexibility index (Phi) is 3.96. The Morgan fingerprint density at radius 1 is 1.28 bits per heavy atom. The van der Waals surface area contributed by atoms with Crippen LogP contribution in [0.2, 0.25) is 5.02 Å². The maximum absolute atomic E-state index is 13.2. The molecule has 1 N–H and O–H groups in total. The summed E-state index contributed by atoms with van der Waals surface area (Å²) in [6.45, 7) is 0. The Morgan fingerprint density at radius 2 is 2.00 bits per heavy atom. The summed E-state index contributed by atoms with van der Waals surface area (Å²) in [7, 11) is -3.69. The third-order valence-electron chi connectivity index (χ3n) is 1.99. The number of hydrogen-bond donors (Lipinski definition) is 1. The Morgan fingerprint density at radius 3 is 2.56 bits per heavy atom. The van der Waals surface area contributed by atoms with Crippen molar-refractivity contribution in [3.8, 4) is 0 Å². The number of rotatable bonds is 3. The third kappa shape index (κ3) is 3.03. The van der Waals surface area contributed by atoms with E-state index in [1.165, 1.54) is 18.2 Å². The molecule has 0 radical (unpaired) electrons. The normalized spacial score (nSPS) is 11.5. The summed E-state index contributed by atoms with van der Waals surface area (Å²) in [5.41, 5.74) is 0.126. The van der Waals surface area contributed by atoms with Gasteiger partial charge in [-0.2, -0.15) is 0 Å². The van der Waals surface area contributed by atoms with Crippen LogP contribution in [-0.4, -0.2) is 8.42 Å². The lowest BCUT2D eigenvalue weighted by atomic mass is 10.3. The van der Waals surface area contributed by atoms with E-state index in [0.717, 1.165) is 17.4 Å². The number of nitrogens with one attached hydrogen (secondary N) is 1. The molecule has 18 heavy (non-hydrogen) atoms. The second-order valence-corrected chi connectivity index (χ2v) is 8.07. The molecule has 1 aromatic carbocycles. The molecule has 96 valence electrons. The van der Waals surface area contributed by atoms with Crippen molar-refractivity contribution < 1.29 is 12.8 Å². The zero-order chi connectivity index (χ0) is 13.3. The minimum absolute atomic E-state index is 0.0585. The van der Waals surface area contributed by atoms with Gasteiger partial charge in [0, 0.05) is 0 Å². The van der Waals surface area contributed by atoms with Gasteiger partial charge in [-0.1, -0.05) is 11.6 Å². The van der Waals surface area contributed by atoms with Gasteiger partial charge in [-0.15, -0.1) is 11.3 Å². The van der Waals surface area contributed by atoms with Crippen LogP contribution in [0.1, 0.15) is 0 Å². The van der Waals surface area contributed by atoms with Crippen molar-refractivity contribution in [1.29, 1.82) is 0 Å². The average molecular weight is 371 g/mol. The van der Waals surface area contributed by atoms with Crippen molar-refractivity contribution in [2.24, 2.45) is 0 Å². The monoisotopic (exact) mass is 369 g/mol. The van der Waals surface area contributed by atoms with Crippen LogP contribution < -0.4 is 4.72 Å². The molecule has 8 heteroatoms. The molecule has 1 aromatic heterocycles. The smallest absolute Gasteiger partial charge is 0.271 e. The van der Waals surface area contributed by atoms with E-state index in [1.54, 1.807) is 6.07 Å². The Labute approximate surface area is 121 Å². The van der Waals surface area contributed by atoms with E-state index < -0.39 is 15.8 Å². The molecule has 2 aromatic rings. The second kappa shape index (κ2) is 5.16. The number of sulfonamides is 1. The highest BCUT2D eigenvalue weighted by molar-refractivity contribution is 9.11. The molecule has 0 amide bonds. The fourth-order valence-corrected chi connectivity index (χ4v) is 4.38. The predicted molar refractivity (Wildman–Crippen MR) is 74.2 cm³/mol. The Bertz CT molecular complexity index is 687. The van der Waals surface area contributed by atoms with Crippen molar-refractivity contribution in [2.75, 3.05) is 4.72 Å². The molecule has 1 heterocycles. The summed E-state index contributed by atoms with van der Waals surface area (Å²) < 4.78 is 40.2. The summed E-state index contributed by atoms with van der Waals surface area (Å²) in [5.74, 6) is -0.677. The minimum atomic E-state index is -3.69. The van der Waals surface area contributed by atoms with Crippen LogP contribution in [0.15, 0.2) is 38.3 Å². The summed E-state index contributed by atoms with van der Waals surface area (Å²) in [6, 6.07) is 6.80. The van der Waals surface area contributed by atoms with Crippen molar-refractivity contribution >= 4 is 54.6 Å². The summed E-state index contributed by atoms with van der Waals surface area (Å²) >= 11 is 9.76. The first-order valence-corrected chi connectivity index (χ1v) is 8.09. The summed E-state index contributed by atoms with van der Waals surface area (Å²) in [5, 5.41) is -0.0585. The molecule has 0 atom stereocenters. The zero-order valence-electron chi connectivity index (χ0n) is 8.65. The number of hydrogen-bond acceptors (Lipinski definition) is 3. The molecular formula is C10H6BrClFNO2S2. The van der Waals surface area contributed by atoms with Gasteiger partial charge in [-0.3, -0.25) is 4.72 Å². The Hall–Kier alpha value is -0.630. The highest BCUT2D eigenvalue weighted by atomic mass is 79.9. The van der Waals surface area contributed by atoms with Gasteiger partial charge >= 0.3 is 0 Å². The third-order valence-corrected chi connectivity index (χ3v) is 5.79. The van der Waals surface area contributed by atoms with Gasteiger partial charge < -0.3 is 0 Å². The highest BCUT2D eigenvalue weighted by Gasteiger charge is 2.17. The molecular weight excluding hydrogens is 365 g/mol. The summed E-state index contributed by atoms with van der Waals surface area (Å²) in [6.07, 6.45) is 0. The first kappa shape index (κ1) is 13.8. The molecule has 0 spiro atoms. The minimum Gasteiger partial charge on any atom is -0.279 e. The first-order valence-electron chi connectivity index (χ1n) is 4.62. The van der Waals surface area contributed by atoms with Crippen molar-refractivity contribution in [2.45, 2.75) is 4.21 Å². The van der Waals surface area contributed by atoms with Crippen LogP contribution >= 0.6 is 38.9 Å². The fourth-order valence-electron chi connectivity index (χ4n) is 1.21. The molecule has 0 saturated carbocycles. The lowest BCUT2D eigenvalue weighted by Gasteiger charge is -2.06. The van der Waals surface area contributed by atoms with Crippen LogP contribution in [0.25, 0.3) is 0 Å². The van der Waals surface area contributed by atoms with E-state index >= 15 is 0 Å². The predicted octanol–water partition coefficient (Wildman–Crippen LogP) is 4.10. The maximum Gasteiger partial charge on any atom is 0.271 e. The quantitative estimate of drug-likeness (QED) is 0.884. The van der Waals surface area contributed by atoms with E-state index in [4.69, 9.17) is 11.6 Å². The Balaban J connectivity index is 2.30. The van der Waals surface area contributed by atoms with Crippen LogP contribution in [-0.2, 0) is 10.0 Å². The highest BCUT2D eigenvalue weighted by Crippen LogP contribution is 2.28. The van der Waals surface area contributed by atoms with E-state index in [2.05, 4.69) is 20.7 Å². The fraction of sp³-hybridized carbons (Fsp3) is 0. The number of anilines is 1. The molecule has 0 aliphatic carbocycles. The van der Waals surface area contributed by atoms with Gasteiger partial charge in [0.05, 0.1) is 14.5 Å². The van der Waals surface area contributed by atoms with Crippen LogP contribution in [0.5, 0.6) is 0 Å². The molecule has 0 aliphatic rings. The van der Waals surface area contributed by atoms with Crippen molar-refractivity contribution in [3.63, 3.8) is 0 Å². The van der Waals surface area contributed by atoms with Crippen LogP contribution in [0.4, 0.5) is 10.1 Å². The topological polar surface area (TPSA) is 46.2 Å². The lowest BCUT2D eigenvalue weighted by Crippen LogP contribution is -2.11. The lowest BCUT2D eigenvalue weighted by molar-refractivity contribution is 0.603. The van der Waals surface area contributed by atoms with Gasteiger partial charge in [-0.25, -0.2) is 12.8 Å². The van der Waals surface area contributed by atoms with Crippen LogP contribution in [0.3, 0.4) is 0 Å². The number of thiophene rings is 1. The molecule has 0 fully saturated rings. The van der Waals surface area contributed by atoms with Crippen LogP contribution in [0, 0.1) is 5.82 Å². The molecule has 2 rings (SSSR count). The molecule has 3 nitrogen and oxygen atoms in total. The number of benzene rings is 1. The van der Waals surface area contributed by atoms with E-state index in [0.29, 0.717) is 3.79 Å². The first-order chi connectivity index (χ1) is 8.38. The van der Waals surface area contributed by atoms with Gasteiger partial charge in [0.25, 0.3) is 10.0 Å². The van der Waals surface area contributed by atoms with Gasteiger partial charge in [-0.05, 0) is 46.3 Å². The van der Waals surface area contributed by atoms with E-state index in [9.17, 15) is 12.8 Å². The SMILES string of the molecule is O=S(=O)(Nc1ccc(Cl)c(F)c1)c1ccc(Br)s1. The number of halogens is 3. The standard InChI is InChI=1S/C10H6BrClFNO2S2/c11-9-3-4-10(17-9)18(15,16)14-6-1-2-7(12)8(13)5-6/h1-5,14H. The van der Waals surface area contributed by atoms with Crippen molar-refractivity contribution in [1.82, 2.24) is 0 Å². The molecule has 0 saturated heterocycles. The van der Waals surface area contributed by atoms with Gasteiger partial charge in [0.1, 0.15) is 10.0 Å². The summed E-state index contributed by atoms with van der Waals surface area (Å²) in [4.78, 5) is 0. The van der Waals surface area contributed by atoms with E-state index in [1.807, 2.05) is 0 Å². The van der Waals surface area contributed by atoms with Gasteiger partial charge in [0.15, 0.2) is 0 Å². The zero-order valence-corrected chi connectivity index (χ0v) is 12.6. The molecule has 0 bridgehead atoms. The van der Waals surface area contributed by atoms with Gasteiger partial charge in [0.2, 0.25) is 0 Å². The van der Waals surface area contributed by atoms with E-state index in [-0.39, 0.29) is 14.9 Å². The largest absolute Gasteiger partial charge is 0.279 e. The maximum atomic E-state index is 13.2. The van der Waals surface area contributed by atoms with Crippen molar-refractivity contribution in [3.05, 3.63) is 45.0 Å². The average Bonchev–Trinajstić information content (AvgIpc) is 2.71. The second-order valence-electron chi connectivity index (χ2n) is 3.29.